The van der Waals surface area contributed by atoms with Crippen LogP contribution in [0.2, 0.25) is 0 Å². The van der Waals surface area contributed by atoms with E-state index in [1.54, 1.807) is 0 Å². The molecule has 1 N–H and O–H groups in total. The maximum absolute atomic E-state index is 11.6. The van der Waals surface area contributed by atoms with Gasteiger partial charge in [0.15, 0.2) is 9.84 Å². The molecule has 2 aliphatic rings. The van der Waals surface area contributed by atoms with Gasteiger partial charge in [0.1, 0.15) is 0 Å². The molecule has 2 rings (SSSR count). The molecule has 1 aliphatic carbocycles. The van der Waals surface area contributed by atoms with E-state index in [-0.39, 0.29) is 11.3 Å². The number of morpholine rings is 1. The molecule has 1 saturated heterocycles. The van der Waals surface area contributed by atoms with E-state index in [4.69, 9.17) is 4.74 Å². The van der Waals surface area contributed by atoms with Crippen LogP contribution in [0.5, 0.6) is 0 Å². The van der Waals surface area contributed by atoms with Crippen molar-refractivity contribution in [3.8, 4) is 0 Å². The molecule has 0 radical (unpaired) electrons. The predicted molar refractivity (Wildman–Crippen MR) is 61.8 cm³/mol. The Kier molecular flexibility index (Phi) is 3.84. The standard InChI is InChI=1S/C10H20N2O3S/c1-16(13,14)10-4-2-3-9(10)11-12-5-7-15-8-6-12/h9-11H,2-8H2,1H3. The van der Waals surface area contributed by atoms with Gasteiger partial charge >= 0.3 is 0 Å². The lowest BCUT2D eigenvalue weighted by Gasteiger charge is -2.32. The number of hydrazine groups is 1. The minimum atomic E-state index is -2.92. The first-order chi connectivity index (χ1) is 7.57. The molecule has 16 heavy (non-hydrogen) atoms. The highest BCUT2D eigenvalue weighted by Crippen LogP contribution is 2.25. The zero-order valence-electron chi connectivity index (χ0n) is 9.68. The van der Waals surface area contributed by atoms with Gasteiger partial charge in [0.2, 0.25) is 0 Å². The van der Waals surface area contributed by atoms with Crippen LogP contribution in [-0.2, 0) is 14.6 Å². The van der Waals surface area contributed by atoms with Gasteiger partial charge in [0.05, 0.1) is 18.5 Å². The predicted octanol–water partition coefficient (Wildman–Crippen LogP) is -0.211. The van der Waals surface area contributed by atoms with Crippen molar-refractivity contribution in [1.82, 2.24) is 10.4 Å². The Morgan fingerprint density at radius 2 is 1.94 bits per heavy atom. The summed E-state index contributed by atoms with van der Waals surface area (Å²) in [7, 11) is -2.92. The monoisotopic (exact) mass is 248 g/mol. The summed E-state index contributed by atoms with van der Waals surface area (Å²) in [5.41, 5.74) is 3.35. The van der Waals surface area contributed by atoms with E-state index in [0.717, 1.165) is 45.6 Å². The Hall–Kier alpha value is -0.170. The quantitative estimate of drug-likeness (QED) is 0.749. The molecule has 0 aromatic rings. The van der Waals surface area contributed by atoms with Crippen LogP contribution in [0, 0.1) is 0 Å². The van der Waals surface area contributed by atoms with Crippen LogP contribution < -0.4 is 5.43 Å². The highest BCUT2D eigenvalue weighted by Gasteiger charge is 2.35. The van der Waals surface area contributed by atoms with Crippen LogP contribution in [-0.4, -0.2) is 57.3 Å². The molecule has 94 valence electrons. The first kappa shape index (κ1) is 12.3. The van der Waals surface area contributed by atoms with E-state index in [1.807, 2.05) is 0 Å². The largest absolute Gasteiger partial charge is 0.379 e. The summed E-state index contributed by atoms with van der Waals surface area (Å²) in [6.07, 6.45) is 4.09. The molecule has 5 nitrogen and oxygen atoms in total. The van der Waals surface area contributed by atoms with Crippen molar-refractivity contribution in [2.45, 2.75) is 30.6 Å². The van der Waals surface area contributed by atoms with E-state index >= 15 is 0 Å². The molecule has 1 saturated carbocycles. The SMILES string of the molecule is CS(=O)(=O)C1CCCC1NN1CCOCC1. The summed E-state index contributed by atoms with van der Waals surface area (Å²) >= 11 is 0. The Balaban J connectivity index is 1.93. The molecule has 0 amide bonds. The smallest absolute Gasteiger partial charge is 0.151 e. The van der Waals surface area contributed by atoms with E-state index in [0.29, 0.717) is 0 Å². The molecule has 2 atom stereocenters. The lowest BCUT2D eigenvalue weighted by molar-refractivity contribution is 0.00442. The van der Waals surface area contributed by atoms with E-state index in [1.165, 1.54) is 6.26 Å². The van der Waals surface area contributed by atoms with Gasteiger partial charge in [-0.1, -0.05) is 6.42 Å². The van der Waals surface area contributed by atoms with Crippen molar-refractivity contribution >= 4 is 9.84 Å². The van der Waals surface area contributed by atoms with Gasteiger partial charge in [-0.3, -0.25) is 5.43 Å². The van der Waals surface area contributed by atoms with Gasteiger partial charge in [-0.25, -0.2) is 13.4 Å². The first-order valence-corrected chi connectivity index (χ1v) is 7.80. The van der Waals surface area contributed by atoms with Gasteiger partial charge in [-0.15, -0.1) is 0 Å². The molecule has 0 bridgehead atoms. The number of sulfone groups is 1. The van der Waals surface area contributed by atoms with E-state index in [2.05, 4.69) is 10.4 Å². The summed E-state index contributed by atoms with van der Waals surface area (Å²) in [6.45, 7) is 3.13. The number of nitrogens with one attached hydrogen (secondary N) is 1. The van der Waals surface area contributed by atoms with Crippen LogP contribution in [0.3, 0.4) is 0 Å². The van der Waals surface area contributed by atoms with Crippen LogP contribution >= 0.6 is 0 Å². The molecule has 0 aromatic carbocycles. The molecule has 0 spiro atoms. The molecule has 2 fully saturated rings. The number of nitrogens with zero attached hydrogens (tertiary/aromatic N) is 1. The van der Waals surface area contributed by atoms with Crippen LogP contribution in [0.25, 0.3) is 0 Å². The fourth-order valence-electron chi connectivity index (χ4n) is 2.51. The first-order valence-electron chi connectivity index (χ1n) is 5.85. The van der Waals surface area contributed by atoms with Crippen molar-refractivity contribution in [3.63, 3.8) is 0 Å². The maximum atomic E-state index is 11.6. The second kappa shape index (κ2) is 5.00. The Bertz CT molecular complexity index is 325. The van der Waals surface area contributed by atoms with Crippen molar-refractivity contribution < 1.29 is 13.2 Å². The number of hydrogen-bond acceptors (Lipinski definition) is 5. The summed E-state index contributed by atoms with van der Waals surface area (Å²) < 4.78 is 28.5. The molecule has 2 unspecified atom stereocenters. The second-order valence-electron chi connectivity index (χ2n) is 4.63. The highest BCUT2D eigenvalue weighted by molar-refractivity contribution is 7.91. The van der Waals surface area contributed by atoms with Crippen molar-refractivity contribution in [2.75, 3.05) is 32.6 Å². The fraction of sp³-hybridized carbons (Fsp3) is 1.00. The van der Waals surface area contributed by atoms with Crippen LogP contribution in [0.4, 0.5) is 0 Å². The van der Waals surface area contributed by atoms with Crippen LogP contribution in [0.15, 0.2) is 0 Å². The van der Waals surface area contributed by atoms with Gasteiger partial charge in [0.25, 0.3) is 0 Å². The lowest BCUT2D eigenvalue weighted by Crippen LogP contribution is -2.53. The molecule has 0 aromatic heterocycles. The second-order valence-corrected chi connectivity index (χ2v) is 6.90. The van der Waals surface area contributed by atoms with E-state index in [9.17, 15) is 8.42 Å². The zero-order chi connectivity index (χ0) is 11.6. The van der Waals surface area contributed by atoms with Crippen molar-refractivity contribution in [1.29, 1.82) is 0 Å². The minimum absolute atomic E-state index is 0.0908. The van der Waals surface area contributed by atoms with Gasteiger partial charge in [-0.05, 0) is 12.8 Å². The summed E-state index contributed by atoms with van der Waals surface area (Å²) in [5.74, 6) is 0. The average molecular weight is 248 g/mol. The normalized spacial score (nSPS) is 33.1. The zero-order valence-corrected chi connectivity index (χ0v) is 10.5. The summed E-state index contributed by atoms with van der Waals surface area (Å²) in [6, 6.07) is 0.0908. The molecule has 1 aliphatic heterocycles. The maximum Gasteiger partial charge on any atom is 0.151 e. The average Bonchev–Trinajstić information content (AvgIpc) is 2.67. The van der Waals surface area contributed by atoms with E-state index < -0.39 is 9.84 Å². The minimum Gasteiger partial charge on any atom is -0.379 e. The Morgan fingerprint density at radius 1 is 1.25 bits per heavy atom. The fourth-order valence-corrected chi connectivity index (χ4v) is 3.90. The lowest BCUT2D eigenvalue weighted by atomic mass is 10.2. The molecule has 6 heteroatoms. The Labute approximate surface area is 97.0 Å². The summed E-state index contributed by atoms with van der Waals surface area (Å²) in [5, 5.41) is 1.88. The molecule has 1 heterocycles. The third-order valence-corrected chi connectivity index (χ3v) is 5.03. The van der Waals surface area contributed by atoms with Gasteiger partial charge in [-0.2, -0.15) is 0 Å². The van der Waals surface area contributed by atoms with Crippen molar-refractivity contribution in [3.05, 3.63) is 0 Å². The van der Waals surface area contributed by atoms with Gasteiger partial charge < -0.3 is 4.74 Å². The Morgan fingerprint density at radius 3 is 2.56 bits per heavy atom. The van der Waals surface area contributed by atoms with Crippen molar-refractivity contribution in [2.24, 2.45) is 0 Å². The van der Waals surface area contributed by atoms with Crippen LogP contribution in [0.1, 0.15) is 19.3 Å². The topological polar surface area (TPSA) is 58.6 Å². The molecular formula is C10H20N2O3S. The molecular weight excluding hydrogens is 228 g/mol. The number of hydrogen-bond donors (Lipinski definition) is 1. The number of ether oxygens (including phenoxy) is 1. The number of rotatable bonds is 3. The third kappa shape index (κ3) is 2.94. The highest BCUT2D eigenvalue weighted by atomic mass is 32.2. The van der Waals surface area contributed by atoms with Gasteiger partial charge in [0, 0.05) is 25.4 Å². The summed E-state index contributed by atoms with van der Waals surface area (Å²) in [4.78, 5) is 0. The third-order valence-electron chi connectivity index (χ3n) is 3.36.